The summed E-state index contributed by atoms with van der Waals surface area (Å²) < 4.78 is 11.9. The topological polar surface area (TPSA) is 95.3 Å². The Labute approximate surface area is 178 Å². The Balaban J connectivity index is 1.70. The van der Waals surface area contributed by atoms with E-state index in [1.54, 1.807) is 22.9 Å². The summed E-state index contributed by atoms with van der Waals surface area (Å²) in [6.07, 6.45) is 0. The highest BCUT2D eigenvalue weighted by Crippen LogP contribution is 2.25. The number of hydrogen-bond acceptors (Lipinski definition) is 6. The molecule has 2 heterocycles. The van der Waals surface area contributed by atoms with E-state index < -0.39 is 18.5 Å². The molecule has 1 N–H and O–H groups in total. The molecule has 8 nitrogen and oxygen atoms in total. The highest BCUT2D eigenvalue weighted by molar-refractivity contribution is 6.33. The van der Waals surface area contributed by atoms with E-state index in [1.807, 2.05) is 32.9 Å². The zero-order valence-corrected chi connectivity index (χ0v) is 17.8. The van der Waals surface area contributed by atoms with Gasteiger partial charge >= 0.3 is 5.97 Å². The molecule has 0 atom stereocenters. The van der Waals surface area contributed by atoms with Gasteiger partial charge in [0.15, 0.2) is 18.1 Å². The van der Waals surface area contributed by atoms with Gasteiger partial charge in [0.2, 0.25) is 0 Å². The Hall–Kier alpha value is -3.39. The number of pyridine rings is 1. The van der Waals surface area contributed by atoms with Gasteiger partial charge in [-0.3, -0.25) is 4.79 Å². The van der Waals surface area contributed by atoms with E-state index in [-0.39, 0.29) is 10.7 Å². The van der Waals surface area contributed by atoms with E-state index in [0.29, 0.717) is 17.3 Å². The molecule has 2 aromatic heterocycles. The lowest BCUT2D eigenvalue weighted by atomic mass is 10.2. The summed E-state index contributed by atoms with van der Waals surface area (Å²) in [5, 5.41) is 7.12. The SMILES string of the molecule is COc1ccc(C)cc1NC(=O)COC(=O)c1nc(-n2nc(C)cc2C)ccc1Cl. The largest absolute Gasteiger partial charge is 0.495 e. The van der Waals surface area contributed by atoms with Gasteiger partial charge in [0, 0.05) is 5.69 Å². The van der Waals surface area contributed by atoms with Crippen molar-refractivity contribution in [2.75, 3.05) is 19.0 Å². The lowest BCUT2D eigenvalue weighted by molar-refractivity contribution is -0.119. The smallest absolute Gasteiger partial charge is 0.359 e. The molecule has 0 saturated heterocycles. The van der Waals surface area contributed by atoms with Crippen molar-refractivity contribution in [1.29, 1.82) is 0 Å². The molecule has 0 aliphatic heterocycles. The van der Waals surface area contributed by atoms with Crippen LogP contribution in [0.25, 0.3) is 5.82 Å². The number of amides is 1. The van der Waals surface area contributed by atoms with Crippen molar-refractivity contribution >= 4 is 29.2 Å². The molecule has 0 radical (unpaired) electrons. The number of carbonyl (C=O) groups excluding carboxylic acids is 2. The van der Waals surface area contributed by atoms with Crippen molar-refractivity contribution in [2.24, 2.45) is 0 Å². The normalized spacial score (nSPS) is 10.6. The van der Waals surface area contributed by atoms with Gasteiger partial charge in [0.25, 0.3) is 5.91 Å². The molecule has 1 amide bonds. The minimum atomic E-state index is -0.810. The standard InChI is InChI=1S/C21H21ClN4O4/c1-12-5-7-17(29-4)16(9-12)23-19(27)11-30-21(28)20-15(22)6-8-18(24-20)26-14(3)10-13(2)25-26/h5-10H,11H2,1-4H3,(H,23,27). The minimum absolute atomic E-state index is 0.0948. The molecular formula is C21H21ClN4O4. The van der Waals surface area contributed by atoms with Crippen LogP contribution in [0.2, 0.25) is 5.02 Å². The summed E-state index contributed by atoms with van der Waals surface area (Å²) >= 11 is 6.12. The average Bonchev–Trinajstić information content (AvgIpc) is 3.04. The minimum Gasteiger partial charge on any atom is -0.495 e. The highest BCUT2D eigenvalue weighted by atomic mass is 35.5. The molecule has 0 unspecified atom stereocenters. The zero-order chi connectivity index (χ0) is 21.8. The van der Waals surface area contributed by atoms with Crippen LogP contribution >= 0.6 is 11.6 Å². The third kappa shape index (κ3) is 4.77. The van der Waals surface area contributed by atoms with Crippen LogP contribution in [-0.4, -0.2) is 40.4 Å². The molecule has 30 heavy (non-hydrogen) atoms. The van der Waals surface area contributed by atoms with Crippen LogP contribution in [0.3, 0.4) is 0 Å². The van der Waals surface area contributed by atoms with Gasteiger partial charge in [-0.2, -0.15) is 5.10 Å². The Morgan fingerprint density at radius 2 is 1.90 bits per heavy atom. The number of methoxy groups -OCH3 is 1. The number of hydrogen-bond donors (Lipinski definition) is 1. The number of carbonyl (C=O) groups is 2. The number of ether oxygens (including phenoxy) is 2. The van der Waals surface area contributed by atoms with Gasteiger partial charge in [0.05, 0.1) is 23.5 Å². The van der Waals surface area contributed by atoms with Crippen molar-refractivity contribution in [3.63, 3.8) is 0 Å². The van der Waals surface area contributed by atoms with Crippen LogP contribution in [0.5, 0.6) is 5.75 Å². The fourth-order valence-electron chi connectivity index (χ4n) is 2.86. The number of esters is 1. The lowest BCUT2D eigenvalue weighted by Crippen LogP contribution is -2.22. The first-order valence-corrected chi connectivity index (χ1v) is 9.48. The number of nitrogens with zero attached hydrogens (tertiary/aromatic N) is 3. The van der Waals surface area contributed by atoms with Crippen LogP contribution in [-0.2, 0) is 9.53 Å². The summed E-state index contributed by atoms with van der Waals surface area (Å²) in [5.74, 6) is -0.402. The number of anilines is 1. The van der Waals surface area contributed by atoms with Crippen molar-refractivity contribution < 1.29 is 19.1 Å². The Bertz CT molecular complexity index is 1110. The number of aryl methyl sites for hydroxylation is 3. The maximum Gasteiger partial charge on any atom is 0.359 e. The molecule has 0 spiro atoms. The van der Waals surface area contributed by atoms with Crippen LogP contribution in [0.1, 0.15) is 27.4 Å². The lowest BCUT2D eigenvalue weighted by Gasteiger charge is -2.12. The Kier molecular flexibility index (Phi) is 6.37. The second kappa shape index (κ2) is 8.96. The maximum atomic E-state index is 12.5. The fourth-order valence-corrected chi connectivity index (χ4v) is 3.04. The number of benzene rings is 1. The van der Waals surface area contributed by atoms with Crippen molar-refractivity contribution in [2.45, 2.75) is 20.8 Å². The molecule has 3 aromatic rings. The molecule has 0 bridgehead atoms. The molecule has 1 aromatic carbocycles. The van der Waals surface area contributed by atoms with Gasteiger partial charge in [-0.1, -0.05) is 17.7 Å². The van der Waals surface area contributed by atoms with E-state index in [9.17, 15) is 9.59 Å². The first-order chi connectivity index (χ1) is 14.3. The molecule has 0 fully saturated rings. The summed E-state index contributed by atoms with van der Waals surface area (Å²) in [7, 11) is 1.50. The molecule has 9 heteroatoms. The van der Waals surface area contributed by atoms with Crippen molar-refractivity contribution in [1.82, 2.24) is 14.8 Å². The third-order valence-electron chi connectivity index (χ3n) is 4.21. The molecule has 156 valence electrons. The second-order valence-corrected chi connectivity index (χ2v) is 7.07. The summed E-state index contributed by atoms with van der Waals surface area (Å²) in [4.78, 5) is 29.0. The monoisotopic (exact) mass is 428 g/mol. The summed E-state index contributed by atoms with van der Waals surface area (Å²) in [6, 6.07) is 10.4. The van der Waals surface area contributed by atoms with Gasteiger partial charge in [-0.05, 0) is 56.7 Å². The number of nitrogens with one attached hydrogen (secondary N) is 1. The third-order valence-corrected chi connectivity index (χ3v) is 4.52. The van der Waals surface area contributed by atoms with E-state index in [1.165, 1.54) is 13.2 Å². The van der Waals surface area contributed by atoms with E-state index in [4.69, 9.17) is 21.1 Å². The quantitative estimate of drug-likeness (QED) is 0.602. The second-order valence-electron chi connectivity index (χ2n) is 6.67. The fraction of sp³-hybridized carbons (Fsp3) is 0.238. The van der Waals surface area contributed by atoms with E-state index in [2.05, 4.69) is 15.4 Å². The number of aromatic nitrogens is 3. The van der Waals surface area contributed by atoms with Gasteiger partial charge in [-0.25, -0.2) is 14.5 Å². The Morgan fingerprint density at radius 1 is 1.13 bits per heavy atom. The van der Waals surface area contributed by atoms with Crippen LogP contribution in [0.4, 0.5) is 5.69 Å². The van der Waals surface area contributed by atoms with E-state index >= 15 is 0 Å². The summed E-state index contributed by atoms with van der Waals surface area (Å²) in [6.45, 7) is 5.12. The van der Waals surface area contributed by atoms with E-state index in [0.717, 1.165) is 17.0 Å². The Morgan fingerprint density at radius 3 is 2.57 bits per heavy atom. The molecular weight excluding hydrogens is 408 g/mol. The molecule has 0 aliphatic carbocycles. The van der Waals surface area contributed by atoms with Crippen LogP contribution < -0.4 is 10.1 Å². The highest BCUT2D eigenvalue weighted by Gasteiger charge is 2.18. The number of halogens is 1. The maximum absolute atomic E-state index is 12.5. The zero-order valence-electron chi connectivity index (χ0n) is 17.0. The number of rotatable bonds is 6. The van der Waals surface area contributed by atoms with Crippen LogP contribution in [0.15, 0.2) is 36.4 Å². The van der Waals surface area contributed by atoms with Crippen LogP contribution in [0, 0.1) is 20.8 Å². The summed E-state index contributed by atoms with van der Waals surface area (Å²) in [5.41, 5.74) is 3.01. The molecule has 3 rings (SSSR count). The van der Waals surface area contributed by atoms with Crippen molar-refractivity contribution in [3.8, 4) is 11.6 Å². The molecule has 0 aliphatic rings. The van der Waals surface area contributed by atoms with Gasteiger partial charge < -0.3 is 14.8 Å². The first-order valence-electron chi connectivity index (χ1n) is 9.10. The predicted octanol–water partition coefficient (Wildman–Crippen LogP) is 3.65. The average molecular weight is 429 g/mol. The first kappa shape index (κ1) is 21.3. The van der Waals surface area contributed by atoms with Gasteiger partial charge in [-0.15, -0.1) is 0 Å². The predicted molar refractivity (Wildman–Crippen MR) is 112 cm³/mol. The van der Waals surface area contributed by atoms with Crippen molar-refractivity contribution in [3.05, 3.63) is 64.1 Å². The molecule has 0 saturated carbocycles. The van der Waals surface area contributed by atoms with Gasteiger partial charge in [0.1, 0.15) is 5.75 Å².